The predicted octanol–water partition coefficient (Wildman–Crippen LogP) is 5.47. The van der Waals surface area contributed by atoms with Gasteiger partial charge in [-0.15, -0.1) is 0 Å². The van der Waals surface area contributed by atoms with Crippen molar-refractivity contribution >= 4 is 63.0 Å². The highest BCUT2D eigenvalue weighted by atomic mass is 32.2. The summed E-state index contributed by atoms with van der Waals surface area (Å²) in [6.45, 7) is 4.66. The van der Waals surface area contributed by atoms with E-state index in [4.69, 9.17) is 17.0 Å². The Bertz CT molecular complexity index is 1240. The number of rotatable bonds is 10. The van der Waals surface area contributed by atoms with Crippen molar-refractivity contribution in [1.82, 2.24) is 4.90 Å². The summed E-state index contributed by atoms with van der Waals surface area (Å²) in [7, 11) is 1.57. The largest absolute Gasteiger partial charge is 0.497 e. The number of methoxy groups -OCH3 is 1. The van der Waals surface area contributed by atoms with Crippen LogP contribution in [0.25, 0.3) is 5.57 Å². The third-order valence-electron chi connectivity index (χ3n) is 6.66. The first-order valence-electron chi connectivity index (χ1n) is 12.5. The van der Waals surface area contributed by atoms with Crippen LogP contribution in [0.15, 0.2) is 53.4 Å². The van der Waals surface area contributed by atoms with Crippen molar-refractivity contribution in [2.45, 2.75) is 39.5 Å². The normalized spacial score (nSPS) is 17.9. The van der Waals surface area contributed by atoms with Crippen LogP contribution in [0, 0.1) is 5.92 Å². The van der Waals surface area contributed by atoms with Gasteiger partial charge in [0.2, 0.25) is 5.91 Å². The number of hydrogen-bond donors (Lipinski definition) is 1. The van der Waals surface area contributed by atoms with E-state index in [0.29, 0.717) is 49.9 Å². The average molecular weight is 538 g/mol. The summed E-state index contributed by atoms with van der Waals surface area (Å²) in [4.78, 5) is 43.4. The van der Waals surface area contributed by atoms with Crippen molar-refractivity contribution in [3.63, 3.8) is 0 Å². The zero-order chi connectivity index (χ0) is 26.5. The maximum absolute atomic E-state index is 13.6. The number of carbonyl (C=O) groups is 3. The van der Waals surface area contributed by atoms with Gasteiger partial charge in [0.1, 0.15) is 16.6 Å². The lowest BCUT2D eigenvalue weighted by Crippen LogP contribution is -2.36. The third kappa shape index (κ3) is 5.72. The molecule has 1 fully saturated rings. The molecule has 2 aliphatic heterocycles. The number of benzene rings is 2. The van der Waals surface area contributed by atoms with Crippen molar-refractivity contribution in [2.75, 3.05) is 30.4 Å². The fraction of sp³-hybridized carbons (Fsp3) is 0.357. The van der Waals surface area contributed by atoms with Gasteiger partial charge >= 0.3 is 0 Å². The van der Waals surface area contributed by atoms with Crippen LogP contribution in [-0.2, 0) is 14.4 Å². The number of nitrogens with one attached hydrogen (secondary N) is 1. The molecule has 0 radical (unpaired) electrons. The maximum Gasteiger partial charge on any atom is 0.267 e. The van der Waals surface area contributed by atoms with Gasteiger partial charge in [-0.1, -0.05) is 75.3 Å². The van der Waals surface area contributed by atoms with E-state index < -0.39 is 0 Å². The minimum absolute atomic E-state index is 0.180. The SMILES string of the molecule is CCCC[C@@H](CC)CN1C(=O)/C(=C2/C(=O)N(CC(=O)Nc3ccc(OC)cc3)c3ccccc32)SC1=S. The molecule has 4 rings (SSSR count). The van der Waals surface area contributed by atoms with Crippen LogP contribution in [0.3, 0.4) is 0 Å². The Kier molecular flexibility index (Phi) is 8.66. The molecule has 2 aliphatic rings. The smallest absolute Gasteiger partial charge is 0.267 e. The quantitative estimate of drug-likeness (QED) is 0.320. The fourth-order valence-corrected chi connectivity index (χ4v) is 5.90. The Morgan fingerprint density at radius 1 is 1.05 bits per heavy atom. The maximum atomic E-state index is 13.6. The van der Waals surface area contributed by atoms with Crippen LogP contribution in [-0.4, -0.2) is 47.1 Å². The van der Waals surface area contributed by atoms with Crippen molar-refractivity contribution in [3.05, 3.63) is 59.0 Å². The van der Waals surface area contributed by atoms with E-state index in [2.05, 4.69) is 19.2 Å². The number of anilines is 2. The molecular weight excluding hydrogens is 506 g/mol. The molecule has 2 aromatic carbocycles. The number of thiocarbonyl (C=S) groups is 1. The number of amides is 3. The number of carbonyl (C=O) groups excluding carboxylic acids is 3. The van der Waals surface area contributed by atoms with Crippen LogP contribution < -0.4 is 15.0 Å². The molecule has 2 aromatic rings. The highest BCUT2D eigenvalue weighted by Gasteiger charge is 2.42. The van der Waals surface area contributed by atoms with Crippen LogP contribution in [0.4, 0.5) is 11.4 Å². The van der Waals surface area contributed by atoms with Gasteiger partial charge in [0.25, 0.3) is 11.8 Å². The molecule has 0 aromatic heterocycles. The van der Waals surface area contributed by atoms with Crippen molar-refractivity contribution < 1.29 is 19.1 Å². The summed E-state index contributed by atoms with van der Waals surface area (Å²) < 4.78 is 5.63. The van der Waals surface area contributed by atoms with Gasteiger partial charge in [0.05, 0.1) is 23.3 Å². The van der Waals surface area contributed by atoms with Gasteiger partial charge in [-0.3, -0.25) is 24.2 Å². The highest BCUT2D eigenvalue weighted by molar-refractivity contribution is 8.26. The number of hydrogen-bond acceptors (Lipinski definition) is 6. The second-order valence-electron chi connectivity index (χ2n) is 9.09. The van der Waals surface area contributed by atoms with Crippen LogP contribution in [0.5, 0.6) is 5.75 Å². The Morgan fingerprint density at radius 3 is 2.46 bits per heavy atom. The summed E-state index contributed by atoms with van der Waals surface area (Å²) in [5.41, 5.74) is 2.16. The first-order valence-corrected chi connectivity index (χ1v) is 13.7. The van der Waals surface area contributed by atoms with Gasteiger partial charge in [0.15, 0.2) is 0 Å². The van der Waals surface area contributed by atoms with E-state index in [1.165, 1.54) is 16.7 Å². The lowest BCUT2D eigenvalue weighted by atomic mass is 9.98. The van der Waals surface area contributed by atoms with E-state index in [9.17, 15) is 14.4 Å². The summed E-state index contributed by atoms with van der Waals surface area (Å²) in [5, 5.41) is 2.82. The molecule has 0 aliphatic carbocycles. The average Bonchev–Trinajstić information content (AvgIpc) is 3.33. The molecule has 3 amide bonds. The number of ether oxygens (including phenoxy) is 1. The molecule has 194 valence electrons. The molecule has 0 saturated carbocycles. The van der Waals surface area contributed by atoms with Gasteiger partial charge < -0.3 is 10.1 Å². The minimum Gasteiger partial charge on any atom is -0.497 e. The monoisotopic (exact) mass is 537 g/mol. The number of nitrogens with zero attached hydrogens (tertiary/aromatic N) is 2. The van der Waals surface area contributed by atoms with Crippen molar-refractivity contribution in [3.8, 4) is 5.75 Å². The third-order valence-corrected chi connectivity index (χ3v) is 8.11. The van der Waals surface area contributed by atoms with Crippen LogP contribution in [0.2, 0.25) is 0 Å². The van der Waals surface area contributed by atoms with Gasteiger partial charge in [-0.05, 0) is 42.7 Å². The molecule has 2 heterocycles. The Morgan fingerprint density at radius 2 is 1.78 bits per heavy atom. The number of unbranched alkanes of at least 4 members (excludes halogenated alkanes) is 1. The van der Waals surface area contributed by atoms with Crippen molar-refractivity contribution in [1.29, 1.82) is 0 Å². The minimum atomic E-state index is -0.371. The first-order chi connectivity index (χ1) is 17.9. The zero-order valence-electron chi connectivity index (χ0n) is 21.3. The Balaban J connectivity index is 1.57. The van der Waals surface area contributed by atoms with E-state index in [0.717, 1.165) is 25.7 Å². The molecule has 0 bridgehead atoms. The molecule has 1 N–H and O–H groups in total. The number of thioether (sulfide) groups is 1. The summed E-state index contributed by atoms with van der Waals surface area (Å²) in [6, 6.07) is 14.2. The molecule has 7 nitrogen and oxygen atoms in total. The Hall–Kier alpha value is -3.17. The Labute approximate surface area is 227 Å². The zero-order valence-corrected chi connectivity index (χ0v) is 22.9. The molecule has 0 spiro atoms. The van der Waals surface area contributed by atoms with E-state index in [-0.39, 0.29) is 24.3 Å². The van der Waals surface area contributed by atoms with Crippen LogP contribution >= 0.6 is 24.0 Å². The van der Waals surface area contributed by atoms with Gasteiger partial charge in [0, 0.05) is 17.8 Å². The van der Waals surface area contributed by atoms with Crippen LogP contribution in [0.1, 0.15) is 45.1 Å². The molecule has 1 saturated heterocycles. The van der Waals surface area contributed by atoms with Crippen molar-refractivity contribution in [2.24, 2.45) is 5.92 Å². The number of para-hydroxylation sites is 1. The van der Waals surface area contributed by atoms with Gasteiger partial charge in [-0.2, -0.15) is 0 Å². The van der Waals surface area contributed by atoms with E-state index in [1.54, 1.807) is 42.3 Å². The van der Waals surface area contributed by atoms with E-state index in [1.807, 2.05) is 18.2 Å². The summed E-state index contributed by atoms with van der Waals surface area (Å²) in [5.74, 6) is 0.0943. The van der Waals surface area contributed by atoms with E-state index >= 15 is 0 Å². The summed E-state index contributed by atoms with van der Waals surface area (Å²) in [6.07, 6.45) is 4.20. The first kappa shape index (κ1) is 26.9. The molecule has 9 heteroatoms. The standard InChI is InChI=1S/C28H31N3O4S2/c1-4-6-9-18(5-2)16-31-27(34)25(37-28(31)36)24-21-10-7-8-11-22(21)30(26(24)33)17-23(32)29-19-12-14-20(35-3)15-13-19/h7-8,10-15,18H,4-6,9,16-17H2,1-3H3,(H,29,32)/b25-24-/t18-/m1/s1. The predicted molar refractivity (Wildman–Crippen MR) is 153 cm³/mol. The topological polar surface area (TPSA) is 79.0 Å². The highest BCUT2D eigenvalue weighted by Crippen LogP contribution is 2.44. The second-order valence-corrected chi connectivity index (χ2v) is 10.7. The molecule has 1 atom stereocenters. The van der Waals surface area contributed by atoms with Gasteiger partial charge in [-0.25, -0.2) is 0 Å². The molecular formula is C28H31N3O4S2. The molecule has 0 unspecified atom stereocenters. The lowest BCUT2D eigenvalue weighted by molar-refractivity contribution is -0.123. The lowest BCUT2D eigenvalue weighted by Gasteiger charge is -2.21. The fourth-order valence-electron chi connectivity index (χ4n) is 4.56. The molecule has 37 heavy (non-hydrogen) atoms. The summed E-state index contributed by atoms with van der Waals surface area (Å²) >= 11 is 6.75. The second kappa shape index (κ2) is 11.9. The number of fused-ring (bicyclic) bond motifs is 1.